The molecule has 1 fully saturated rings. The summed E-state index contributed by atoms with van der Waals surface area (Å²) in [5.41, 5.74) is 2.42. The van der Waals surface area contributed by atoms with Gasteiger partial charge in [-0.05, 0) is 31.0 Å². The van der Waals surface area contributed by atoms with Crippen molar-refractivity contribution in [2.45, 2.75) is 31.2 Å². The van der Waals surface area contributed by atoms with Crippen LogP contribution in [0.1, 0.15) is 36.3 Å². The molecular weight excluding hydrogens is 296 g/mol. The molecule has 1 N–H and O–H groups in total. The molecule has 0 aliphatic carbocycles. The first-order valence-corrected chi connectivity index (χ1v) is 8.83. The maximum absolute atomic E-state index is 12.9. The Labute approximate surface area is 144 Å². The Kier molecular flexibility index (Phi) is 5.65. The molecule has 1 unspecified atom stereocenters. The highest BCUT2D eigenvalue weighted by molar-refractivity contribution is 5.78. The predicted octanol–water partition coefficient (Wildman–Crippen LogP) is 3.42. The average Bonchev–Trinajstić information content (AvgIpc) is 2.67. The minimum Gasteiger partial charge on any atom is -0.341 e. The molecule has 1 aliphatic rings. The molecule has 2 aromatic rings. The summed E-state index contributed by atoms with van der Waals surface area (Å²) in [6.45, 7) is 1.71. The van der Waals surface area contributed by atoms with Gasteiger partial charge in [-0.25, -0.2) is 0 Å². The summed E-state index contributed by atoms with van der Waals surface area (Å²) in [6.07, 6.45) is 2.77. The molecule has 1 atom stereocenters. The van der Waals surface area contributed by atoms with Crippen molar-refractivity contribution in [2.75, 3.05) is 20.1 Å². The Bertz CT molecular complexity index is 602. The van der Waals surface area contributed by atoms with E-state index in [9.17, 15) is 4.79 Å². The Hall–Kier alpha value is -2.13. The van der Waals surface area contributed by atoms with Crippen molar-refractivity contribution in [3.05, 3.63) is 71.8 Å². The SMILES string of the molecule is CNC1CCCN(C(=O)CC(c2ccccc2)c2ccccc2)C1. The summed E-state index contributed by atoms with van der Waals surface area (Å²) in [4.78, 5) is 14.9. The summed E-state index contributed by atoms with van der Waals surface area (Å²) < 4.78 is 0. The Morgan fingerprint density at radius 2 is 1.67 bits per heavy atom. The first kappa shape index (κ1) is 16.7. The molecule has 1 amide bonds. The van der Waals surface area contributed by atoms with Gasteiger partial charge in [0.05, 0.1) is 0 Å². The van der Waals surface area contributed by atoms with Gasteiger partial charge < -0.3 is 10.2 Å². The van der Waals surface area contributed by atoms with Crippen molar-refractivity contribution in [1.82, 2.24) is 10.2 Å². The maximum atomic E-state index is 12.9. The van der Waals surface area contributed by atoms with Gasteiger partial charge in [0, 0.05) is 31.5 Å². The summed E-state index contributed by atoms with van der Waals surface area (Å²) in [5.74, 6) is 0.377. The van der Waals surface area contributed by atoms with Crippen molar-refractivity contribution >= 4 is 5.91 Å². The molecule has 3 nitrogen and oxygen atoms in total. The molecule has 0 bridgehead atoms. The highest BCUT2D eigenvalue weighted by Gasteiger charge is 2.26. The van der Waals surface area contributed by atoms with E-state index in [1.807, 2.05) is 48.3 Å². The van der Waals surface area contributed by atoms with Gasteiger partial charge in [0.25, 0.3) is 0 Å². The van der Waals surface area contributed by atoms with Crippen LogP contribution < -0.4 is 5.32 Å². The van der Waals surface area contributed by atoms with E-state index in [0.29, 0.717) is 12.5 Å². The molecule has 126 valence electrons. The van der Waals surface area contributed by atoms with Crippen LogP contribution in [0, 0.1) is 0 Å². The number of hydrogen-bond acceptors (Lipinski definition) is 2. The van der Waals surface area contributed by atoms with Gasteiger partial charge in [-0.15, -0.1) is 0 Å². The summed E-state index contributed by atoms with van der Waals surface area (Å²) in [7, 11) is 1.98. The summed E-state index contributed by atoms with van der Waals surface area (Å²) >= 11 is 0. The second-order valence-electron chi connectivity index (χ2n) is 6.55. The normalized spacial score (nSPS) is 17.9. The minimum absolute atomic E-state index is 0.120. The lowest BCUT2D eigenvalue weighted by atomic mass is 9.88. The molecule has 2 aromatic carbocycles. The Balaban J connectivity index is 1.78. The molecule has 1 heterocycles. The zero-order valence-electron chi connectivity index (χ0n) is 14.3. The third-order valence-corrected chi connectivity index (χ3v) is 4.96. The highest BCUT2D eigenvalue weighted by Crippen LogP contribution is 2.29. The molecule has 0 spiro atoms. The lowest BCUT2D eigenvalue weighted by molar-refractivity contribution is -0.132. The number of hydrogen-bond donors (Lipinski definition) is 1. The molecule has 0 saturated carbocycles. The zero-order valence-corrected chi connectivity index (χ0v) is 14.3. The van der Waals surface area contributed by atoms with E-state index in [4.69, 9.17) is 0 Å². The number of carbonyl (C=O) groups is 1. The second kappa shape index (κ2) is 8.11. The van der Waals surface area contributed by atoms with E-state index in [0.717, 1.165) is 25.9 Å². The highest BCUT2D eigenvalue weighted by atomic mass is 16.2. The lowest BCUT2D eigenvalue weighted by Crippen LogP contribution is -2.47. The van der Waals surface area contributed by atoms with Crippen LogP contribution in [-0.4, -0.2) is 37.0 Å². The minimum atomic E-state index is 0.120. The van der Waals surface area contributed by atoms with Crippen LogP contribution in [0.5, 0.6) is 0 Å². The molecule has 1 saturated heterocycles. The number of amides is 1. The zero-order chi connectivity index (χ0) is 16.8. The van der Waals surface area contributed by atoms with Crippen molar-refractivity contribution in [1.29, 1.82) is 0 Å². The second-order valence-corrected chi connectivity index (χ2v) is 6.55. The quantitative estimate of drug-likeness (QED) is 0.915. The molecule has 3 heteroatoms. The van der Waals surface area contributed by atoms with E-state index < -0.39 is 0 Å². The van der Waals surface area contributed by atoms with Crippen LogP contribution in [0.25, 0.3) is 0 Å². The lowest BCUT2D eigenvalue weighted by Gasteiger charge is -2.33. The molecule has 0 aromatic heterocycles. The Morgan fingerprint density at radius 1 is 1.08 bits per heavy atom. The fourth-order valence-electron chi connectivity index (χ4n) is 3.54. The van der Waals surface area contributed by atoms with E-state index in [1.54, 1.807) is 0 Å². The Morgan fingerprint density at radius 3 is 2.21 bits per heavy atom. The van der Waals surface area contributed by atoms with Crippen LogP contribution in [-0.2, 0) is 4.79 Å². The van der Waals surface area contributed by atoms with Gasteiger partial charge in [0.2, 0.25) is 5.91 Å². The van der Waals surface area contributed by atoms with E-state index in [-0.39, 0.29) is 11.8 Å². The van der Waals surface area contributed by atoms with Gasteiger partial charge in [-0.3, -0.25) is 4.79 Å². The van der Waals surface area contributed by atoms with Crippen molar-refractivity contribution in [2.24, 2.45) is 0 Å². The van der Waals surface area contributed by atoms with Gasteiger partial charge in [-0.2, -0.15) is 0 Å². The van der Waals surface area contributed by atoms with E-state index in [1.165, 1.54) is 11.1 Å². The maximum Gasteiger partial charge on any atom is 0.223 e. The van der Waals surface area contributed by atoms with E-state index >= 15 is 0 Å². The van der Waals surface area contributed by atoms with Gasteiger partial charge in [0.1, 0.15) is 0 Å². The number of rotatable bonds is 5. The molecule has 24 heavy (non-hydrogen) atoms. The molecular formula is C21H26N2O. The predicted molar refractivity (Wildman–Crippen MR) is 98.0 cm³/mol. The van der Waals surface area contributed by atoms with Crippen LogP contribution in [0.3, 0.4) is 0 Å². The number of nitrogens with zero attached hydrogens (tertiary/aromatic N) is 1. The van der Waals surface area contributed by atoms with Gasteiger partial charge in [-0.1, -0.05) is 60.7 Å². The van der Waals surface area contributed by atoms with Crippen LogP contribution >= 0.6 is 0 Å². The largest absolute Gasteiger partial charge is 0.341 e. The first-order chi connectivity index (χ1) is 11.8. The fourth-order valence-corrected chi connectivity index (χ4v) is 3.54. The first-order valence-electron chi connectivity index (χ1n) is 8.83. The number of likely N-dealkylation sites (N-methyl/N-ethyl adjacent to an activating group) is 1. The van der Waals surface area contributed by atoms with Crippen LogP contribution in [0.4, 0.5) is 0 Å². The van der Waals surface area contributed by atoms with Gasteiger partial charge >= 0.3 is 0 Å². The fraction of sp³-hybridized carbons (Fsp3) is 0.381. The number of nitrogens with one attached hydrogen (secondary N) is 1. The average molecular weight is 322 g/mol. The topological polar surface area (TPSA) is 32.3 Å². The summed E-state index contributed by atoms with van der Waals surface area (Å²) in [6, 6.07) is 21.2. The third-order valence-electron chi connectivity index (χ3n) is 4.96. The monoisotopic (exact) mass is 322 g/mol. The van der Waals surface area contributed by atoms with Crippen LogP contribution in [0.15, 0.2) is 60.7 Å². The van der Waals surface area contributed by atoms with Crippen molar-refractivity contribution < 1.29 is 4.79 Å². The molecule has 3 rings (SSSR count). The smallest absolute Gasteiger partial charge is 0.223 e. The summed E-state index contributed by atoms with van der Waals surface area (Å²) in [5, 5.41) is 3.31. The van der Waals surface area contributed by atoms with Crippen molar-refractivity contribution in [3.8, 4) is 0 Å². The number of likely N-dealkylation sites (tertiary alicyclic amines) is 1. The standard InChI is InChI=1S/C21H26N2O/c1-22-19-13-8-14-23(16-19)21(24)15-20(17-9-4-2-5-10-17)18-11-6-3-7-12-18/h2-7,9-12,19-20,22H,8,13-16H2,1H3. The molecule has 1 aliphatic heterocycles. The van der Waals surface area contributed by atoms with Crippen molar-refractivity contribution in [3.63, 3.8) is 0 Å². The molecule has 0 radical (unpaired) electrons. The van der Waals surface area contributed by atoms with Gasteiger partial charge in [0.15, 0.2) is 0 Å². The number of benzene rings is 2. The third kappa shape index (κ3) is 4.04. The van der Waals surface area contributed by atoms with E-state index in [2.05, 4.69) is 29.6 Å². The number of carbonyl (C=O) groups excluding carboxylic acids is 1. The van der Waals surface area contributed by atoms with Crippen LogP contribution in [0.2, 0.25) is 0 Å². The number of piperidine rings is 1.